The fourth-order valence-corrected chi connectivity index (χ4v) is 5.22. The highest BCUT2D eigenvalue weighted by Gasteiger charge is 2.48. The lowest BCUT2D eigenvalue weighted by molar-refractivity contribution is -0.174. The molecule has 0 bridgehead atoms. The van der Waals surface area contributed by atoms with Crippen LogP contribution in [0.3, 0.4) is 0 Å². The highest BCUT2D eigenvalue weighted by atomic mass is 19.4. The zero-order chi connectivity index (χ0) is 29.9. The standard InChI is InChI=1S/C32H37F3N2O4/c1-23(29(38)39)22-36-28(41-2)21-13-12-20-27(37-30(40)32(33,34)35)31(24-14-6-3-7-15-24,25-16-8-4-9-17-25)26-18-10-5-11-19-26/h3-11,14-19,23,27-28,36H,12-13,20-22H2,1-2H3,(H,37,40)(H,38,39). The van der Waals surface area contributed by atoms with Crippen LogP contribution in [0, 0.1) is 5.92 Å². The third-order valence-electron chi connectivity index (χ3n) is 7.34. The Labute approximate surface area is 238 Å². The summed E-state index contributed by atoms with van der Waals surface area (Å²) in [6, 6.07) is 26.9. The minimum Gasteiger partial charge on any atom is -0.481 e. The maximum Gasteiger partial charge on any atom is 0.471 e. The third-order valence-corrected chi connectivity index (χ3v) is 7.34. The molecule has 1 amide bonds. The Morgan fingerprint density at radius 2 is 1.24 bits per heavy atom. The van der Waals surface area contributed by atoms with Crippen LogP contribution in [0.25, 0.3) is 0 Å². The van der Waals surface area contributed by atoms with E-state index in [1.807, 2.05) is 91.0 Å². The zero-order valence-corrected chi connectivity index (χ0v) is 23.2. The number of hydrogen-bond acceptors (Lipinski definition) is 4. The summed E-state index contributed by atoms with van der Waals surface area (Å²) in [5.41, 5.74) is 1.14. The predicted octanol–water partition coefficient (Wildman–Crippen LogP) is 5.91. The summed E-state index contributed by atoms with van der Waals surface area (Å²) >= 11 is 0. The molecule has 0 fully saturated rings. The quantitative estimate of drug-likeness (QED) is 0.120. The second-order valence-electron chi connectivity index (χ2n) is 10.1. The van der Waals surface area contributed by atoms with E-state index in [1.54, 1.807) is 6.92 Å². The molecule has 3 aromatic carbocycles. The van der Waals surface area contributed by atoms with Crippen LogP contribution in [0.5, 0.6) is 0 Å². The van der Waals surface area contributed by atoms with Crippen molar-refractivity contribution in [2.45, 2.75) is 56.5 Å². The Kier molecular flexibility index (Phi) is 11.5. The molecule has 6 nitrogen and oxygen atoms in total. The maximum absolute atomic E-state index is 13.7. The summed E-state index contributed by atoms with van der Waals surface area (Å²) in [4.78, 5) is 23.6. The first-order chi connectivity index (χ1) is 19.6. The number of benzene rings is 3. The number of hydrogen-bond donors (Lipinski definition) is 3. The topological polar surface area (TPSA) is 87.7 Å². The molecule has 9 heteroatoms. The van der Waals surface area contributed by atoms with Crippen molar-refractivity contribution in [2.24, 2.45) is 5.92 Å². The molecular weight excluding hydrogens is 533 g/mol. The van der Waals surface area contributed by atoms with Crippen LogP contribution in [0.1, 0.15) is 49.3 Å². The van der Waals surface area contributed by atoms with Crippen LogP contribution in [0.15, 0.2) is 91.0 Å². The highest BCUT2D eigenvalue weighted by molar-refractivity contribution is 5.82. The van der Waals surface area contributed by atoms with Gasteiger partial charge in [-0.25, -0.2) is 0 Å². The Bertz CT molecular complexity index is 1130. The molecule has 0 heterocycles. The van der Waals surface area contributed by atoms with Gasteiger partial charge in [-0.2, -0.15) is 13.2 Å². The van der Waals surface area contributed by atoms with Gasteiger partial charge in [0.1, 0.15) is 6.23 Å². The summed E-state index contributed by atoms with van der Waals surface area (Å²) in [6.45, 7) is 1.81. The molecule has 0 spiro atoms. The second-order valence-corrected chi connectivity index (χ2v) is 10.1. The molecular formula is C32H37F3N2O4. The van der Waals surface area contributed by atoms with E-state index in [4.69, 9.17) is 9.84 Å². The van der Waals surface area contributed by atoms with Crippen LogP contribution in [0.4, 0.5) is 13.2 Å². The summed E-state index contributed by atoms with van der Waals surface area (Å²) < 4.78 is 46.5. The van der Waals surface area contributed by atoms with Gasteiger partial charge >= 0.3 is 18.1 Å². The Morgan fingerprint density at radius 3 is 1.63 bits per heavy atom. The molecule has 3 aromatic rings. The number of carboxylic acids is 1. The zero-order valence-electron chi connectivity index (χ0n) is 23.2. The third kappa shape index (κ3) is 8.17. The van der Waals surface area contributed by atoms with Gasteiger partial charge in [-0.15, -0.1) is 0 Å². The maximum atomic E-state index is 13.7. The first-order valence-electron chi connectivity index (χ1n) is 13.6. The Balaban J connectivity index is 2.00. The number of methoxy groups -OCH3 is 1. The number of ether oxygens (including phenoxy) is 1. The van der Waals surface area contributed by atoms with Crippen molar-refractivity contribution in [3.05, 3.63) is 108 Å². The molecule has 220 valence electrons. The van der Waals surface area contributed by atoms with Gasteiger partial charge in [0.05, 0.1) is 11.3 Å². The summed E-state index contributed by atoms with van der Waals surface area (Å²) in [5, 5.41) is 14.6. The van der Waals surface area contributed by atoms with Gasteiger partial charge in [0, 0.05) is 19.7 Å². The fraction of sp³-hybridized carbons (Fsp3) is 0.375. The first-order valence-corrected chi connectivity index (χ1v) is 13.6. The molecule has 0 aromatic heterocycles. The number of rotatable bonds is 15. The predicted molar refractivity (Wildman–Crippen MR) is 151 cm³/mol. The van der Waals surface area contributed by atoms with E-state index in [0.717, 1.165) is 16.7 Å². The Morgan fingerprint density at radius 1 is 0.805 bits per heavy atom. The number of carboxylic acid groups (broad SMARTS) is 1. The average Bonchev–Trinajstić information content (AvgIpc) is 2.98. The summed E-state index contributed by atoms with van der Waals surface area (Å²) in [7, 11) is 1.51. The van der Waals surface area contributed by atoms with Gasteiger partial charge in [-0.1, -0.05) is 104 Å². The molecule has 3 unspecified atom stereocenters. The normalized spacial score (nSPS) is 14.2. The molecule has 0 radical (unpaired) electrons. The van der Waals surface area contributed by atoms with Crippen molar-refractivity contribution in [1.29, 1.82) is 0 Å². The van der Waals surface area contributed by atoms with Crippen LogP contribution in [0.2, 0.25) is 0 Å². The van der Waals surface area contributed by atoms with Crippen molar-refractivity contribution in [1.82, 2.24) is 10.6 Å². The van der Waals surface area contributed by atoms with Gasteiger partial charge in [0.2, 0.25) is 0 Å². The van der Waals surface area contributed by atoms with E-state index in [0.29, 0.717) is 19.3 Å². The van der Waals surface area contributed by atoms with Crippen LogP contribution in [-0.2, 0) is 19.7 Å². The van der Waals surface area contributed by atoms with Gasteiger partial charge in [0.15, 0.2) is 0 Å². The molecule has 41 heavy (non-hydrogen) atoms. The largest absolute Gasteiger partial charge is 0.481 e. The lowest BCUT2D eigenvalue weighted by Gasteiger charge is -2.43. The van der Waals surface area contributed by atoms with Gasteiger partial charge in [-0.05, 0) is 36.0 Å². The SMILES string of the molecule is COC(CCCCC(NC(=O)C(F)(F)F)C(c1ccccc1)(c1ccccc1)c1ccccc1)NCC(C)C(=O)O. The number of carbonyl (C=O) groups excluding carboxylic acids is 1. The number of amides is 1. The molecule has 0 aliphatic heterocycles. The molecule has 0 saturated carbocycles. The van der Waals surface area contributed by atoms with E-state index < -0.39 is 41.7 Å². The molecule has 3 rings (SSSR count). The minimum absolute atomic E-state index is 0.219. The molecule has 0 aliphatic carbocycles. The molecule has 0 saturated heterocycles. The van der Waals surface area contributed by atoms with Gasteiger partial charge in [0.25, 0.3) is 0 Å². The number of alkyl halides is 3. The van der Waals surface area contributed by atoms with Crippen molar-refractivity contribution < 1.29 is 32.6 Å². The number of unbranched alkanes of at least 4 members (excludes halogenated alkanes) is 1. The van der Waals surface area contributed by atoms with E-state index in [2.05, 4.69) is 10.6 Å². The lowest BCUT2D eigenvalue weighted by atomic mass is 9.63. The van der Waals surface area contributed by atoms with Crippen molar-refractivity contribution in [2.75, 3.05) is 13.7 Å². The number of carbonyl (C=O) groups is 2. The lowest BCUT2D eigenvalue weighted by Crippen LogP contribution is -2.54. The summed E-state index contributed by atoms with van der Waals surface area (Å²) in [6.07, 6.45) is -3.67. The van der Waals surface area contributed by atoms with Crippen LogP contribution >= 0.6 is 0 Å². The minimum atomic E-state index is -5.06. The van der Waals surface area contributed by atoms with Gasteiger partial charge < -0.3 is 15.2 Å². The van der Waals surface area contributed by atoms with E-state index in [1.165, 1.54) is 7.11 Å². The van der Waals surface area contributed by atoms with E-state index in [9.17, 15) is 22.8 Å². The average molecular weight is 571 g/mol. The van der Waals surface area contributed by atoms with Crippen molar-refractivity contribution in [3.8, 4) is 0 Å². The fourth-order valence-electron chi connectivity index (χ4n) is 5.22. The number of halogens is 3. The highest BCUT2D eigenvalue weighted by Crippen LogP contribution is 2.44. The monoisotopic (exact) mass is 570 g/mol. The van der Waals surface area contributed by atoms with Crippen molar-refractivity contribution in [3.63, 3.8) is 0 Å². The second kappa shape index (κ2) is 14.8. The van der Waals surface area contributed by atoms with Gasteiger partial charge in [-0.3, -0.25) is 14.9 Å². The molecule has 0 aliphatic rings. The smallest absolute Gasteiger partial charge is 0.471 e. The Hall–Kier alpha value is -3.69. The number of aliphatic carboxylic acids is 1. The van der Waals surface area contributed by atoms with E-state index in [-0.39, 0.29) is 13.0 Å². The number of nitrogens with one attached hydrogen (secondary N) is 2. The van der Waals surface area contributed by atoms with Crippen molar-refractivity contribution >= 4 is 11.9 Å². The van der Waals surface area contributed by atoms with E-state index >= 15 is 0 Å². The first kappa shape index (κ1) is 31.8. The summed E-state index contributed by atoms with van der Waals surface area (Å²) in [5.74, 6) is -3.51. The van der Waals surface area contributed by atoms with Crippen LogP contribution in [-0.4, -0.2) is 49.1 Å². The molecule has 3 N–H and O–H groups in total. The molecule has 3 atom stereocenters. The van der Waals surface area contributed by atoms with Crippen LogP contribution < -0.4 is 10.6 Å².